The standard InChI is InChI=1S/C19H23ClN2O2/c1-14-8-9-17(20)18(10-14)24-13-19(23)21-11-15-6-4-5-7-16(15)12-22(2)3/h4-10H,11-13H2,1-3H3,(H,21,23). The van der Waals surface area contributed by atoms with Gasteiger partial charge < -0.3 is 15.0 Å². The Bertz CT molecular complexity index is 702. The summed E-state index contributed by atoms with van der Waals surface area (Å²) in [6.45, 7) is 3.21. The third-order valence-corrected chi connectivity index (χ3v) is 3.84. The molecular formula is C19H23ClN2O2. The fourth-order valence-corrected chi connectivity index (χ4v) is 2.51. The molecular weight excluding hydrogens is 324 g/mol. The summed E-state index contributed by atoms with van der Waals surface area (Å²) in [7, 11) is 4.05. The number of carbonyl (C=O) groups is 1. The maximum atomic E-state index is 12.0. The van der Waals surface area contributed by atoms with E-state index in [1.165, 1.54) is 5.56 Å². The maximum Gasteiger partial charge on any atom is 0.258 e. The predicted octanol–water partition coefficient (Wildman–Crippen LogP) is 3.41. The molecule has 2 aromatic carbocycles. The number of nitrogens with one attached hydrogen (secondary N) is 1. The fraction of sp³-hybridized carbons (Fsp3) is 0.316. The van der Waals surface area contributed by atoms with Crippen LogP contribution < -0.4 is 10.1 Å². The highest BCUT2D eigenvalue weighted by Crippen LogP contribution is 2.25. The molecule has 0 atom stereocenters. The second kappa shape index (κ2) is 8.71. The molecule has 0 radical (unpaired) electrons. The van der Waals surface area contributed by atoms with Crippen LogP contribution in [-0.4, -0.2) is 31.5 Å². The van der Waals surface area contributed by atoms with Gasteiger partial charge in [0.05, 0.1) is 5.02 Å². The van der Waals surface area contributed by atoms with Crippen LogP contribution in [0.4, 0.5) is 0 Å². The molecule has 4 nitrogen and oxygen atoms in total. The van der Waals surface area contributed by atoms with Crippen molar-refractivity contribution >= 4 is 17.5 Å². The Kier molecular flexibility index (Phi) is 6.64. The zero-order valence-corrected chi connectivity index (χ0v) is 15.1. The molecule has 0 aliphatic heterocycles. The molecule has 24 heavy (non-hydrogen) atoms. The van der Waals surface area contributed by atoms with Crippen LogP contribution in [0.1, 0.15) is 16.7 Å². The number of amides is 1. The Morgan fingerprint density at radius 1 is 1.17 bits per heavy atom. The lowest BCUT2D eigenvalue weighted by Gasteiger charge is -2.15. The molecule has 0 heterocycles. The lowest BCUT2D eigenvalue weighted by atomic mass is 10.1. The van der Waals surface area contributed by atoms with E-state index in [0.717, 1.165) is 17.7 Å². The van der Waals surface area contributed by atoms with Crippen LogP contribution in [0.2, 0.25) is 5.02 Å². The van der Waals surface area contributed by atoms with Crippen LogP contribution in [0.3, 0.4) is 0 Å². The van der Waals surface area contributed by atoms with Gasteiger partial charge in [0, 0.05) is 13.1 Å². The van der Waals surface area contributed by atoms with Crippen LogP contribution >= 0.6 is 11.6 Å². The summed E-state index contributed by atoms with van der Waals surface area (Å²) in [6, 6.07) is 13.6. The van der Waals surface area contributed by atoms with E-state index >= 15 is 0 Å². The van der Waals surface area contributed by atoms with Crippen LogP contribution in [-0.2, 0) is 17.9 Å². The van der Waals surface area contributed by atoms with Crippen LogP contribution in [0, 0.1) is 6.92 Å². The quantitative estimate of drug-likeness (QED) is 0.835. The summed E-state index contributed by atoms with van der Waals surface area (Å²) < 4.78 is 5.51. The second-order valence-electron chi connectivity index (χ2n) is 6.01. The Labute approximate surface area is 148 Å². The minimum Gasteiger partial charge on any atom is -0.482 e. The lowest BCUT2D eigenvalue weighted by Crippen LogP contribution is -2.29. The Morgan fingerprint density at radius 3 is 2.58 bits per heavy atom. The van der Waals surface area contributed by atoms with Crippen molar-refractivity contribution in [2.45, 2.75) is 20.0 Å². The van der Waals surface area contributed by atoms with Gasteiger partial charge in [0.25, 0.3) is 5.91 Å². The van der Waals surface area contributed by atoms with Crippen molar-refractivity contribution in [2.75, 3.05) is 20.7 Å². The Morgan fingerprint density at radius 2 is 1.88 bits per heavy atom. The number of benzene rings is 2. The summed E-state index contributed by atoms with van der Waals surface area (Å²) >= 11 is 6.06. The number of nitrogens with zero attached hydrogens (tertiary/aromatic N) is 1. The largest absolute Gasteiger partial charge is 0.482 e. The maximum absolute atomic E-state index is 12.0. The molecule has 0 saturated carbocycles. The molecule has 0 aliphatic carbocycles. The number of aryl methyl sites for hydroxylation is 1. The first-order valence-corrected chi connectivity index (χ1v) is 8.20. The average Bonchev–Trinajstić information content (AvgIpc) is 2.54. The van der Waals surface area contributed by atoms with Gasteiger partial charge >= 0.3 is 0 Å². The highest BCUT2D eigenvalue weighted by Gasteiger charge is 2.08. The van der Waals surface area contributed by atoms with E-state index in [1.54, 1.807) is 6.07 Å². The monoisotopic (exact) mass is 346 g/mol. The number of hydrogen-bond donors (Lipinski definition) is 1. The summed E-state index contributed by atoms with van der Waals surface area (Å²) in [5.41, 5.74) is 3.34. The van der Waals surface area contributed by atoms with Gasteiger partial charge in [-0.25, -0.2) is 0 Å². The van der Waals surface area contributed by atoms with Gasteiger partial charge in [-0.2, -0.15) is 0 Å². The number of carbonyl (C=O) groups excluding carboxylic acids is 1. The molecule has 0 spiro atoms. The zero-order valence-electron chi connectivity index (χ0n) is 14.3. The predicted molar refractivity (Wildman–Crippen MR) is 97.4 cm³/mol. The molecule has 0 aromatic heterocycles. The number of halogens is 1. The van der Waals surface area contributed by atoms with Crippen LogP contribution in [0.15, 0.2) is 42.5 Å². The number of rotatable bonds is 7. The third kappa shape index (κ3) is 5.55. The smallest absolute Gasteiger partial charge is 0.258 e. The van der Waals surface area contributed by atoms with Gasteiger partial charge in [-0.15, -0.1) is 0 Å². The first-order chi connectivity index (χ1) is 11.5. The number of ether oxygens (including phenoxy) is 1. The fourth-order valence-electron chi connectivity index (χ4n) is 2.33. The van der Waals surface area contributed by atoms with Crippen LogP contribution in [0.5, 0.6) is 5.75 Å². The molecule has 0 fully saturated rings. The summed E-state index contributed by atoms with van der Waals surface area (Å²) in [5.74, 6) is 0.354. The highest BCUT2D eigenvalue weighted by molar-refractivity contribution is 6.32. The van der Waals surface area contributed by atoms with Crippen LogP contribution in [0.25, 0.3) is 0 Å². The van der Waals surface area contributed by atoms with Gasteiger partial charge in [0.1, 0.15) is 5.75 Å². The molecule has 2 aromatic rings. The van der Waals surface area contributed by atoms with E-state index < -0.39 is 0 Å². The topological polar surface area (TPSA) is 41.6 Å². The SMILES string of the molecule is Cc1ccc(Cl)c(OCC(=O)NCc2ccccc2CN(C)C)c1. The van der Waals surface area contributed by atoms with Crippen molar-refractivity contribution in [3.05, 3.63) is 64.2 Å². The summed E-state index contributed by atoms with van der Waals surface area (Å²) in [6.07, 6.45) is 0. The Hall–Kier alpha value is -2.04. The van der Waals surface area contributed by atoms with Gasteiger partial charge in [-0.3, -0.25) is 4.79 Å². The van der Waals surface area contributed by atoms with Crippen molar-refractivity contribution < 1.29 is 9.53 Å². The van der Waals surface area contributed by atoms with Gasteiger partial charge in [0.2, 0.25) is 0 Å². The minimum absolute atomic E-state index is 0.0565. The van der Waals surface area contributed by atoms with Crippen molar-refractivity contribution in [3.8, 4) is 5.75 Å². The number of hydrogen-bond acceptors (Lipinski definition) is 3. The van der Waals surface area contributed by atoms with Gasteiger partial charge in [-0.1, -0.05) is 41.9 Å². The van der Waals surface area contributed by atoms with Crippen molar-refractivity contribution in [1.82, 2.24) is 10.2 Å². The van der Waals surface area contributed by atoms with E-state index in [-0.39, 0.29) is 12.5 Å². The zero-order chi connectivity index (χ0) is 17.5. The van der Waals surface area contributed by atoms with Crippen molar-refractivity contribution in [3.63, 3.8) is 0 Å². The second-order valence-corrected chi connectivity index (χ2v) is 6.41. The molecule has 0 saturated heterocycles. The molecule has 5 heteroatoms. The molecule has 0 unspecified atom stereocenters. The first-order valence-electron chi connectivity index (χ1n) is 7.83. The van der Waals surface area contributed by atoms with E-state index in [9.17, 15) is 4.79 Å². The molecule has 128 valence electrons. The molecule has 1 amide bonds. The average molecular weight is 347 g/mol. The van der Waals surface area contributed by atoms with E-state index in [4.69, 9.17) is 16.3 Å². The molecule has 0 bridgehead atoms. The normalized spacial score (nSPS) is 10.7. The van der Waals surface area contributed by atoms with E-state index in [1.807, 2.05) is 51.4 Å². The van der Waals surface area contributed by atoms with E-state index in [2.05, 4.69) is 16.3 Å². The molecule has 1 N–H and O–H groups in total. The van der Waals surface area contributed by atoms with Crippen molar-refractivity contribution in [2.24, 2.45) is 0 Å². The Balaban J connectivity index is 1.88. The summed E-state index contributed by atoms with van der Waals surface area (Å²) in [5, 5.41) is 3.40. The van der Waals surface area contributed by atoms with Crippen molar-refractivity contribution in [1.29, 1.82) is 0 Å². The third-order valence-electron chi connectivity index (χ3n) is 3.53. The lowest BCUT2D eigenvalue weighted by molar-refractivity contribution is -0.123. The highest BCUT2D eigenvalue weighted by atomic mass is 35.5. The molecule has 0 aliphatic rings. The van der Waals surface area contributed by atoms with Gasteiger partial charge in [-0.05, 0) is 49.8 Å². The summed E-state index contributed by atoms with van der Waals surface area (Å²) in [4.78, 5) is 14.1. The van der Waals surface area contributed by atoms with E-state index in [0.29, 0.717) is 17.3 Å². The minimum atomic E-state index is -0.174. The van der Waals surface area contributed by atoms with Gasteiger partial charge in [0.15, 0.2) is 6.61 Å². The molecule has 2 rings (SSSR count). The first kappa shape index (κ1) is 18.3.